The van der Waals surface area contributed by atoms with Gasteiger partial charge in [-0.3, -0.25) is 9.59 Å². The highest BCUT2D eigenvalue weighted by Crippen LogP contribution is 2.27. The van der Waals surface area contributed by atoms with Crippen LogP contribution in [-0.2, 0) is 4.79 Å². The first-order valence-electron chi connectivity index (χ1n) is 10.5. The molecule has 0 radical (unpaired) electrons. The summed E-state index contributed by atoms with van der Waals surface area (Å²) in [6.45, 7) is 10.2. The second-order valence-electron chi connectivity index (χ2n) is 8.23. The summed E-state index contributed by atoms with van der Waals surface area (Å²) in [5, 5.41) is 6.43. The molecule has 6 nitrogen and oxygen atoms in total. The lowest BCUT2D eigenvalue weighted by molar-refractivity contribution is -0.134. The fourth-order valence-corrected chi connectivity index (χ4v) is 4.24. The molecule has 1 aromatic carbocycles. The van der Waals surface area contributed by atoms with Crippen LogP contribution in [0.5, 0.6) is 5.75 Å². The molecule has 2 fully saturated rings. The molecule has 162 valence electrons. The topological polar surface area (TPSA) is 70.7 Å². The molecule has 1 unspecified atom stereocenters. The Bertz CT molecular complexity index is 666. The highest BCUT2D eigenvalue weighted by Gasteiger charge is 2.34. The van der Waals surface area contributed by atoms with Gasteiger partial charge in [-0.1, -0.05) is 13.8 Å². The number of halogens is 1. The molecule has 0 saturated carbocycles. The summed E-state index contributed by atoms with van der Waals surface area (Å²) in [6, 6.07) is 6.54. The van der Waals surface area contributed by atoms with Crippen LogP contribution in [0.25, 0.3) is 0 Å². The summed E-state index contributed by atoms with van der Waals surface area (Å²) in [5.41, 5.74) is 0.540. The SMILES string of the molecule is CCOc1ccc(C(=O)NC(C(=O)N2CC[C@@H]3CNC[C@@H]3CC2)C(C)C)cc1.Cl. The summed E-state index contributed by atoms with van der Waals surface area (Å²) in [5.74, 6) is 1.94. The van der Waals surface area contributed by atoms with Gasteiger partial charge in [0.2, 0.25) is 5.91 Å². The van der Waals surface area contributed by atoms with Gasteiger partial charge >= 0.3 is 0 Å². The van der Waals surface area contributed by atoms with Gasteiger partial charge < -0.3 is 20.3 Å². The van der Waals surface area contributed by atoms with Gasteiger partial charge in [-0.2, -0.15) is 0 Å². The van der Waals surface area contributed by atoms with Gasteiger partial charge in [-0.15, -0.1) is 12.4 Å². The van der Waals surface area contributed by atoms with E-state index in [-0.39, 0.29) is 30.1 Å². The van der Waals surface area contributed by atoms with Crippen LogP contribution >= 0.6 is 12.4 Å². The number of benzene rings is 1. The van der Waals surface area contributed by atoms with E-state index < -0.39 is 6.04 Å². The van der Waals surface area contributed by atoms with Crippen molar-refractivity contribution >= 4 is 24.2 Å². The Balaban J connectivity index is 0.00000300. The number of amides is 2. The fourth-order valence-electron chi connectivity index (χ4n) is 4.24. The number of rotatable bonds is 6. The Labute approximate surface area is 180 Å². The molecule has 7 heteroatoms. The Kier molecular flexibility index (Phi) is 8.78. The second kappa shape index (κ2) is 10.8. The third-order valence-corrected chi connectivity index (χ3v) is 5.98. The van der Waals surface area contributed by atoms with Crippen molar-refractivity contribution in [2.75, 3.05) is 32.8 Å². The number of nitrogens with one attached hydrogen (secondary N) is 2. The summed E-state index contributed by atoms with van der Waals surface area (Å²) in [4.78, 5) is 27.9. The van der Waals surface area contributed by atoms with Crippen LogP contribution in [0.4, 0.5) is 0 Å². The van der Waals surface area contributed by atoms with Gasteiger partial charge in [0.25, 0.3) is 5.91 Å². The Morgan fingerprint density at radius 3 is 2.24 bits per heavy atom. The maximum Gasteiger partial charge on any atom is 0.251 e. The quantitative estimate of drug-likeness (QED) is 0.738. The molecule has 0 aliphatic carbocycles. The van der Waals surface area contributed by atoms with Crippen LogP contribution in [0.2, 0.25) is 0 Å². The van der Waals surface area contributed by atoms with Crippen LogP contribution in [0.1, 0.15) is 44.0 Å². The first kappa shape index (κ1) is 23.5. The number of hydrogen-bond donors (Lipinski definition) is 2. The van der Waals surface area contributed by atoms with Crippen molar-refractivity contribution in [3.63, 3.8) is 0 Å². The van der Waals surface area contributed by atoms with Crippen LogP contribution in [0.15, 0.2) is 24.3 Å². The summed E-state index contributed by atoms with van der Waals surface area (Å²) >= 11 is 0. The lowest BCUT2D eigenvalue weighted by Crippen LogP contribution is -2.51. The largest absolute Gasteiger partial charge is 0.494 e. The van der Waals surface area contributed by atoms with Gasteiger partial charge in [-0.25, -0.2) is 0 Å². The fraction of sp³-hybridized carbons (Fsp3) is 0.636. The lowest BCUT2D eigenvalue weighted by Gasteiger charge is -2.29. The van der Waals surface area contributed by atoms with Crippen molar-refractivity contribution in [2.45, 2.75) is 39.7 Å². The summed E-state index contributed by atoms with van der Waals surface area (Å²) in [7, 11) is 0. The smallest absolute Gasteiger partial charge is 0.251 e. The van der Waals surface area contributed by atoms with Crippen LogP contribution in [0.3, 0.4) is 0 Å². The number of carbonyl (C=O) groups excluding carboxylic acids is 2. The molecule has 2 N–H and O–H groups in total. The minimum atomic E-state index is -0.505. The highest BCUT2D eigenvalue weighted by molar-refractivity contribution is 5.97. The third-order valence-electron chi connectivity index (χ3n) is 5.98. The molecule has 0 bridgehead atoms. The number of fused-ring (bicyclic) bond motifs is 1. The van der Waals surface area contributed by atoms with E-state index in [0.717, 1.165) is 44.8 Å². The number of hydrogen-bond acceptors (Lipinski definition) is 4. The molecule has 0 aromatic heterocycles. The summed E-state index contributed by atoms with van der Waals surface area (Å²) in [6.07, 6.45) is 2.09. The van der Waals surface area contributed by atoms with Gasteiger partial charge in [0.05, 0.1) is 6.61 Å². The molecular weight excluding hydrogens is 390 g/mol. The van der Waals surface area contributed by atoms with Crippen molar-refractivity contribution in [2.24, 2.45) is 17.8 Å². The van der Waals surface area contributed by atoms with Crippen molar-refractivity contribution in [3.8, 4) is 5.75 Å². The van der Waals surface area contributed by atoms with Crippen LogP contribution in [-0.4, -0.2) is 55.5 Å². The van der Waals surface area contributed by atoms with Crippen LogP contribution < -0.4 is 15.4 Å². The van der Waals surface area contributed by atoms with E-state index in [1.165, 1.54) is 0 Å². The molecule has 2 saturated heterocycles. The average Bonchev–Trinajstić information content (AvgIpc) is 3.04. The molecule has 2 heterocycles. The van der Waals surface area contributed by atoms with E-state index in [4.69, 9.17) is 4.74 Å². The summed E-state index contributed by atoms with van der Waals surface area (Å²) < 4.78 is 5.42. The van der Waals surface area contributed by atoms with Crippen molar-refractivity contribution in [3.05, 3.63) is 29.8 Å². The molecule has 3 atom stereocenters. The van der Waals surface area contributed by atoms with E-state index in [0.29, 0.717) is 24.0 Å². The molecule has 2 aliphatic heterocycles. The maximum absolute atomic E-state index is 13.2. The lowest BCUT2D eigenvalue weighted by atomic mass is 9.92. The second-order valence-corrected chi connectivity index (χ2v) is 8.23. The van der Waals surface area contributed by atoms with E-state index in [1.54, 1.807) is 24.3 Å². The zero-order valence-electron chi connectivity index (χ0n) is 17.6. The molecule has 2 amide bonds. The number of likely N-dealkylation sites (tertiary alicyclic amines) is 1. The van der Waals surface area contributed by atoms with E-state index in [2.05, 4.69) is 10.6 Å². The van der Waals surface area contributed by atoms with E-state index in [9.17, 15) is 9.59 Å². The Morgan fingerprint density at radius 1 is 1.14 bits per heavy atom. The normalized spacial score (nSPS) is 22.3. The molecule has 0 spiro atoms. The number of nitrogens with zero attached hydrogens (tertiary/aromatic N) is 1. The van der Waals surface area contributed by atoms with Crippen molar-refractivity contribution in [1.82, 2.24) is 15.5 Å². The van der Waals surface area contributed by atoms with Gasteiger partial charge in [-0.05, 0) is 74.9 Å². The average molecular weight is 424 g/mol. The molecular formula is C22H34ClN3O3. The third kappa shape index (κ3) is 5.86. The monoisotopic (exact) mass is 423 g/mol. The molecule has 3 rings (SSSR count). The predicted octanol–water partition coefficient (Wildman–Crippen LogP) is 2.72. The van der Waals surface area contributed by atoms with Crippen molar-refractivity contribution in [1.29, 1.82) is 0 Å². The first-order chi connectivity index (χ1) is 13.5. The highest BCUT2D eigenvalue weighted by atomic mass is 35.5. The number of carbonyl (C=O) groups is 2. The minimum absolute atomic E-state index is 0. The Hall–Kier alpha value is -1.79. The molecule has 29 heavy (non-hydrogen) atoms. The molecule has 1 aromatic rings. The van der Waals surface area contributed by atoms with E-state index in [1.807, 2.05) is 25.7 Å². The number of ether oxygens (including phenoxy) is 1. The van der Waals surface area contributed by atoms with Gasteiger partial charge in [0, 0.05) is 18.7 Å². The van der Waals surface area contributed by atoms with Crippen LogP contribution in [0, 0.1) is 17.8 Å². The van der Waals surface area contributed by atoms with E-state index >= 15 is 0 Å². The zero-order valence-corrected chi connectivity index (χ0v) is 18.5. The van der Waals surface area contributed by atoms with Gasteiger partial charge in [0.15, 0.2) is 0 Å². The van der Waals surface area contributed by atoms with Gasteiger partial charge in [0.1, 0.15) is 11.8 Å². The standard InChI is InChI=1S/C22H33N3O3.ClH/c1-4-28-19-7-5-16(6-8-19)21(26)24-20(15(2)3)22(27)25-11-9-17-13-23-14-18(17)10-12-25;/h5-8,15,17-18,20,23H,4,9-14H2,1-3H3,(H,24,26);1H/t17-,18+,20?;. The zero-order chi connectivity index (χ0) is 20.1. The van der Waals surface area contributed by atoms with Crippen molar-refractivity contribution < 1.29 is 14.3 Å². The maximum atomic E-state index is 13.2. The predicted molar refractivity (Wildman–Crippen MR) is 117 cm³/mol. The first-order valence-corrected chi connectivity index (χ1v) is 10.5. The Morgan fingerprint density at radius 2 is 1.72 bits per heavy atom. The minimum Gasteiger partial charge on any atom is -0.494 e. The molecule has 2 aliphatic rings.